The quantitative estimate of drug-likeness (QED) is 0.0216. The number of ether oxygens (including phenoxy) is 3. The lowest BCUT2D eigenvalue weighted by molar-refractivity contribution is -0.144. The Morgan fingerprint density at radius 1 is 0.903 bits per heavy atom. The second-order valence-electron chi connectivity index (χ2n) is 18.8. The van der Waals surface area contributed by atoms with Crippen LogP contribution < -0.4 is 10.6 Å². The average Bonchev–Trinajstić information content (AvgIpc) is 4.13. The minimum Gasteiger partial charge on any atom is -0.465 e. The fourth-order valence-corrected chi connectivity index (χ4v) is 9.94. The molecule has 6 N–H and O–H groups in total. The van der Waals surface area contributed by atoms with Gasteiger partial charge in [0.1, 0.15) is 24.7 Å². The number of carbonyl (C=O) groups is 6. The number of nitrogens with one attached hydrogen (secondary N) is 3. The van der Waals surface area contributed by atoms with E-state index < -0.39 is 86.4 Å². The molecule has 2 aromatic carbocycles. The van der Waals surface area contributed by atoms with Crippen LogP contribution in [0.2, 0.25) is 0 Å². The summed E-state index contributed by atoms with van der Waals surface area (Å²) in [6.45, 7) is 7.10. The van der Waals surface area contributed by atoms with Crippen molar-refractivity contribution < 1.29 is 71.7 Å². The number of ketones is 3. The van der Waals surface area contributed by atoms with Gasteiger partial charge in [-0.1, -0.05) is 62.4 Å². The smallest absolute Gasteiger partial charge is 0.465 e. The van der Waals surface area contributed by atoms with Crippen molar-refractivity contribution in [3.8, 4) is 11.1 Å². The third kappa shape index (κ3) is 17.0. The van der Waals surface area contributed by atoms with Crippen molar-refractivity contribution in [1.29, 1.82) is 0 Å². The number of aliphatic hydroxyl groups is 2. The number of phosphoric ester groups is 1. The summed E-state index contributed by atoms with van der Waals surface area (Å²) in [5, 5.41) is 27.3. The number of fused-ring (bicyclic) bond motifs is 3. The monoisotopic (exact) mass is 1030 g/mol. The highest BCUT2D eigenvalue weighted by Gasteiger charge is 2.38. The van der Waals surface area contributed by atoms with Gasteiger partial charge in [0, 0.05) is 63.8 Å². The summed E-state index contributed by atoms with van der Waals surface area (Å²) in [6, 6.07) is 13.3. The van der Waals surface area contributed by atoms with E-state index in [-0.39, 0.29) is 82.2 Å². The van der Waals surface area contributed by atoms with Gasteiger partial charge in [0.05, 0.1) is 69.2 Å². The second-order valence-corrected chi connectivity index (χ2v) is 20.3. The largest absolute Gasteiger partial charge is 0.472 e. The van der Waals surface area contributed by atoms with Crippen LogP contribution in [-0.4, -0.2) is 149 Å². The molecule has 1 aliphatic heterocycles. The molecule has 0 radical (unpaired) electrons. The summed E-state index contributed by atoms with van der Waals surface area (Å²) in [6.07, 6.45) is 1.63. The number of amides is 2. The minimum absolute atomic E-state index is 0.00245. The van der Waals surface area contributed by atoms with E-state index in [1.807, 2.05) is 38.1 Å². The number of nitrogens with zero attached hydrogens (tertiary/aromatic N) is 2. The topological polar surface area (TPSA) is 282 Å². The Bertz CT molecular complexity index is 2270. The van der Waals surface area contributed by atoms with Crippen LogP contribution in [0.4, 0.5) is 0 Å². The number of phosphoric acid groups is 1. The van der Waals surface area contributed by atoms with Crippen LogP contribution in [0.25, 0.3) is 11.1 Å². The van der Waals surface area contributed by atoms with Crippen LogP contribution in [0.1, 0.15) is 102 Å². The molecule has 21 heteroatoms. The van der Waals surface area contributed by atoms with Crippen LogP contribution >= 0.6 is 7.82 Å². The fourth-order valence-electron chi connectivity index (χ4n) is 9.29. The highest BCUT2D eigenvalue weighted by Crippen LogP contribution is 2.45. The predicted octanol–water partition coefficient (Wildman–Crippen LogP) is 4.19. The van der Waals surface area contributed by atoms with Gasteiger partial charge in [0.25, 0.3) is 0 Å². The van der Waals surface area contributed by atoms with Gasteiger partial charge in [-0.25, -0.2) is 9.55 Å². The van der Waals surface area contributed by atoms with Gasteiger partial charge in [-0.3, -0.25) is 43.1 Å². The Labute approximate surface area is 420 Å². The number of imidazole rings is 1. The number of Topliss-reactive ketones (excluding diaryl/α,β-unsaturated/α-hetero) is 3. The highest BCUT2D eigenvalue weighted by molar-refractivity contribution is 7.47. The molecule has 1 aliphatic carbocycles. The van der Waals surface area contributed by atoms with Crippen molar-refractivity contribution in [1.82, 2.24) is 25.5 Å². The maximum absolute atomic E-state index is 14.1. The summed E-state index contributed by atoms with van der Waals surface area (Å²) in [5.74, 6) is -5.28. The van der Waals surface area contributed by atoms with E-state index in [1.54, 1.807) is 4.90 Å². The first kappa shape index (κ1) is 57.9. The second kappa shape index (κ2) is 28.4. The van der Waals surface area contributed by atoms with E-state index >= 15 is 0 Å². The molecule has 3 aromatic rings. The molecular weight excluding hydrogens is 954 g/mol. The van der Waals surface area contributed by atoms with Gasteiger partial charge in [0.15, 0.2) is 11.6 Å². The molecule has 396 valence electrons. The average molecular weight is 1030 g/mol. The summed E-state index contributed by atoms with van der Waals surface area (Å²) < 4.78 is 38.4. The third-order valence-corrected chi connectivity index (χ3v) is 14.2. The zero-order valence-corrected chi connectivity index (χ0v) is 42.8. The van der Waals surface area contributed by atoms with E-state index in [0.717, 1.165) is 18.2 Å². The molecule has 2 unspecified atom stereocenters. The number of H-pyrrole nitrogens is 1. The lowest BCUT2D eigenvalue weighted by Crippen LogP contribution is -2.54. The van der Waals surface area contributed by atoms with Crippen molar-refractivity contribution in [3.05, 3.63) is 77.9 Å². The Hall–Kier alpha value is -5.02. The summed E-state index contributed by atoms with van der Waals surface area (Å²) in [4.78, 5) is 98.1. The molecule has 0 spiro atoms. The molecule has 72 heavy (non-hydrogen) atoms. The van der Waals surface area contributed by atoms with Crippen LogP contribution in [0.15, 0.2) is 61.1 Å². The lowest BCUT2D eigenvalue weighted by Gasteiger charge is -2.32. The van der Waals surface area contributed by atoms with E-state index in [1.165, 1.54) is 37.5 Å². The zero-order valence-electron chi connectivity index (χ0n) is 41.9. The maximum Gasteiger partial charge on any atom is 0.472 e. The number of hydrogen-bond donors (Lipinski definition) is 6. The molecule has 0 saturated carbocycles. The molecule has 0 bridgehead atoms. The van der Waals surface area contributed by atoms with Crippen LogP contribution in [0.5, 0.6) is 0 Å². The molecule has 2 heterocycles. The van der Waals surface area contributed by atoms with Crippen molar-refractivity contribution in [3.63, 3.8) is 0 Å². The summed E-state index contributed by atoms with van der Waals surface area (Å²) >= 11 is 0. The Morgan fingerprint density at radius 2 is 1.56 bits per heavy atom. The molecule has 8 atom stereocenters. The predicted molar refractivity (Wildman–Crippen MR) is 263 cm³/mol. The molecule has 2 aliphatic rings. The Balaban J connectivity index is 1.05. The molecule has 20 nitrogen and oxygen atoms in total. The number of carbonyl (C=O) groups excluding carboxylic acids is 6. The molecule has 1 fully saturated rings. The number of aliphatic hydroxyl groups excluding tert-OH is 2. The molecular formula is C51H72N5O15P. The first-order valence-corrected chi connectivity index (χ1v) is 26.2. The third-order valence-electron chi connectivity index (χ3n) is 13.1. The Morgan fingerprint density at radius 3 is 2.17 bits per heavy atom. The van der Waals surface area contributed by atoms with E-state index in [0.29, 0.717) is 38.1 Å². The maximum atomic E-state index is 14.1. The summed E-state index contributed by atoms with van der Waals surface area (Å²) in [5.41, 5.74) is 5.16. The first-order chi connectivity index (χ1) is 34.4. The molecule has 1 aromatic heterocycles. The van der Waals surface area contributed by atoms with Crippen molar-refractivity contribution in [2.24, 2.45) is 17.8 Å². The number of esters is 1. The van der Waals surface area contributed by atoms with Gasteiger partial charge in [0.2, 0.25) is 11.8 Å². The van der Waals surface area contributed by atoms with Crippen LogP contribution in [0, 0.1) is 17.8 Å². The van der Waals surface area contributed by atoms with E-state index in [2.05, 4.69) is 49.4 Å². The number of rotatable bonds is 33. The Kier molecular flexibility index (Phi) is 22.9. The van der Waals surface area contributed by atoms with Gasteiger partial charge in [-0.2, -0.15) is 0 Å². The van der Waals surface area contributed by atoms with Crippen molar-refractivity contribution >= 4 is 43.0 Å². The number of hydrogen-bond acceptors (Lipinski definition) is 16. The SMILES string of the molecule is COP(=O)(O)O[C@H](C)[C@H](CC(=O)[C@H](CO)NC(=O)[C@@H](CC(=O)[C@H](CC(C)C)NC(O)[C@@H]1CCCN1C(=O)CCOCCOCCCC(=O)OCC1c2ccccc2-c2ccccc21)Cc1cnc[nH]1)C(C)=O. The van der Waals surface area contributed by atoms with E-state index in [9.17, 15) is 48.4 Å². The normalized spacial score (nSPS) is 17.8. The highest BCUT2D eigenvalue weighted by atomic mass is 31.2. The molecule has 2 amide bonds. The summed E-state index contributed by atoms with van der Waals surface area (Å²) in [7, 11) is -3.57. The number of likely N-dealkylation sites (tertiary alicyclic amines) is 1. The molecule has 5 rings (SSSR count). The molecule has 1 saturated heterocycles. The van der Waals surface area contributed by atoms with Gasteiger partial charge < -0.3 is 44.5 Å². The van der Waals surface area contributed by atoms with Crippen LogP contribution in [-0.2, 0) is 63.0 Å². The van der Waals surface area contributed by atoms with Gasteiger partial charge in [-0.05, 0) is 67.7 Å². The van der Waals surface area contributed by atoms with E-state index in [4.69, 9.17) is 18.7 Å². The van der Waals surface area contributed by atoms with Crippen LogP contribution in [0.3, 0.4) is 0 Å². The number of benzene rings is 2. The van der Waals surface area contributed by atoms with Crippen molar-refractivity contribution in [2.45, 2.75) is 122 Å². The lowest BCUT2D eigenvalue weighted by atomic mass is 9.89. The van der Waals surface area contributed by atoms with Crippen molar-refractivity contribution in [2.75, 3.05) is 53.3 Å². The fraction of sp³-hybridized carbons (Fsp3) is 0.588. The van der Waals surface area contributed by atoms with Gasteiger partial charge in [-0.15, -0.1) is 0 Å². The zero-order chi connectivity index (χ0) is 52.4. The van der Waals surface area contributed by atoms with Gasteiger partial charge >= 0.3 is 13.8 Å². The number of aromatic amines is 1. The number of aromatic nitrogens is 2. The minimum atomic E-state index is -4.52. The standard InChI is InChI=1S/C51H72N5O15P/c1-32(2)24-43(46(59)26-35(25-36-28-52-31-53-36)50(63)55-44(29-57)47(60)27-41(33(3)58)34(4)71-72(65,66)67-5)54-51(64)45-16-10-19-56(45)48(61)18-21-69-23-22-68-20-11-17-49(62)70-30-42-39-14-8-6-12-37(39)38-13-7-9-15-40(38)42/h6-9,12-15,28,31-32,34-35,41-45,51,54,57,64H,10-11,16-27,29-30H2,1-5H3,(H,52,53)(H,55,63)(H,65,66)/t34-,35-,41-,43+,44+,45+,51?/m1/s1. The first-order valence-electron chi connectivity index (χ1n) is 24.7.